The molecule has 0 N–H and O–H groups in total. The van der Waals surface area contributed by atoms with Crippen LogP contribution in [0, 0.1) is 5.92 Å². The minimum Gasteiger partial charge on any atom is -0.490 e. The van der Waals surface area contributed by atoms with E-state index in [2.05, 4.69) is 17.0 Å². The molecular formula is C20H27NO3. The van der Waals surface area contributed by atoms with E-state index in [1.807, 2.05) is 6.07 Å². The second-order valence-electron chi connectivity index (χ2n) is 7.28. The van der Waals surface area contributed by atoms with Gasteiger partial charge in [-0.25, -0.2) is 0 Å². The normalized spacial score (nSPS) is 24.7. The van der Waals surface area contributed by atoms with Crippen molar-refractivity contribution in [1.29, 1.82) is 0 Å². The Hall–Kier alpha value is -1.71. The molecule has 2 fully saturated rings. The maximum Gasteiger partial charge on any atom is 0.226 e. The quantitative estimate of drug-likeness (QED) is 0.820. The van der Waals surface area contributed by atoms with Crippen molar-refractivity contribution in [1.82, 2.24) is 4.90 Å². The van der Waals surface area contributed by atoms with Gasteiger partial charge in [-0.3, -0.25) is 4.79 Å². The van der Waals surface area contributed by atoms with Gasteiger partial charge >= 0.3 is 0 Å². The van der Waals surface area contributed by atoms with Crippen LogP contribution in [-0.2, 0) is 4.79 Å². The number of carbonyl (C=O) groups excluding carboxylic acids is 1. The average molecular weight is 329 g/mol. The summed E-state index contributed by atoms with van der Waals surface area (Å²) in [5, 5.41) is 0. The Labute approximate surface area is 144 Å². The van der Waals surface area contributed by atoms with E-state index in [4.69, 9.17) is 9.47 Å². The molecule has 24 heavy (non-hydrogen) atoms. The van der Waals surface area contributed by atoms with Gasteiger partial charge in [0.15, 0.2) is 11.5 Å². The molecule has 0 spiro atoms. The smallest absolute Gasteiger partial charge is 0.226 e. The van der Waals surface area contributed by atoms with Gasteiger partial charge in [-0.2, -0.15) is 0 Å². The van der Waals surface area contributed by atoms with Crippen LogP contribution < -0.4 is 9.47 Å². The summed E-state index contributed by atoms with van der Waals surface area (Å²) in [7, 11) is 0. The van der Waals surface area contributed by atoms with Crippen molar-refractivity contribution in [2.45, 2.75) is 57.4 Å². The molecule has 1 saturated heterocycles. The first kappa shape index (κ1) is 15.8. The van der Waals surface area contributed by atoms with Gasteiger partial charge in [0.05, 0.1) is 19.3 Å². The number of amides is 1. The Kier molecular flexibility index (Phi) is 4.63. The fourth-order valence-corrected chi connectivity index (χ4v) is 4.35. The molecule has 0 unspecified atom stereocenters. The van der Waals surface area contributed by atoms with Crippen LogP contribution in [-0.4, -0.2) is 30.6 Å². The van der Waals surface area contributed by atoms with E-state index in [1.165, 1.54) is 24.8 Å². The zero-order chi connectivity index (χ0) is 16.4. The zero-order valence-corrected chi connectivity index (χ0v) is 14.3. The molecule has 1 aromatic carbocycles. The summed E-state index contributed by atoms with van der Waals surface area (Å²) in [6.45, 7) is 2.31. The summed E-state index contributed by atoms with van der Waals surface area (Å²) in [5.74, 6) is 2.30. The number of likely N-dealkylation sites (tertiary alicyclic amines) is 1. The second-order valence-corrected chi connectivity index (χ2v) is 7.28. The Morgan fingerprint density at radius 1 is 0.917 bits per heavy atom. The van der Waals surface area contributed by atoms with E-state index in [1.54, 1.807) is 0 Å². The Morgan fingerprint density at radius 3 is 2.54 bits per heavy atom. The summed E-state index contributed by atoms with van der Waals surface area (Å²) >= 11 is 0. The molecule has 0 bridgehead atoms. The molecule has 2 heterocycles. The van der Waals surface area contributed by atoms with Gasteiger partial charge < -0.3 is 14.4 Å². The van der Waals surface area contributed by atoms with Gasteiger partial charge in [0.2, 0.25) is 5.91 Å². The molecule has 1 aliphatic carbocycles. The summed E-state index contributed by atoms with van der Waals surface area (Å²) in [4.78, 5) is 15.1. The van der Waals surface area contributed by atoms with Crippen LogP contribution in [0.4, 0.5) is 0 Å². The summed E-state index contributed by atoms with van der Waals surface area (Å²) in [5.41, 5.74) is 1.20. The minimum absolute atomic E-state index is 0.205. The molecule has 1 aromatic rings. The van der Waals surface area contributed by atoms with E-state index >= 15 is 0 Å². The lowest BCUT2D eigenvalue weighted by molar-refractivity contribution is -0.137. The Morgan fingerprint density at radius 2 is 1.71 bits per heavy atom. The van der Waals surface area contributed by atoms with E-state index in [-0.39, 0.29) is 12.0 Å². The van der Waals surface area contributed by atoms with Crippen LogP contribution in [0.15, 0.2) is 18.2 Å². The lowest BCUT2D eigenvalue weighted by Gasteiger charge is -2.31. The van der Waals surface area contributed by atoms with Crippen LogP contribution in [0.1, 0.15) is 63.0 Å². The third-order valence-electron chi connectivity index (χ3n) is 5.65. The van der Waals surface area contributed by atoms with Gasteiger partial charge in [-0.05, 0) is 43.4 Å². The number of hydrogen-bond acceptors (Lipinski definition) is 3. The molecule has 4 heteroatoms. The van der Waals surface area contributed by atoms with Crippen LogP contribution in [0.2, 0.25) is 0 Å². The highest BCUT2D eigenvalue weighted by molar-refractivity contribution is 5.79. The monoisotopic (exact) mass is 329 g/mol. The predicted octanol–water partition coefficient (Wildman–Crippen LogP) is 4.09. The molecule has 3 aliphatic rings. The third kappa shape index (κ3) is 3.11. The van der Waals surface area contributed by atoms with Crippen LogP contribution >= 0.6 is 0 Å². The first-order valence-electron chi connectivity index (χ1n) is 9.53. The topological polar surface area (TPSA) is 38.8 Å². The molecule has 0 aromatic heterocycles. The van der Waals surface area contributed by atoms with Gasteiger partial charge in [0.1, 0.15) is 0 Å². The van der Waals surface area contributed by atoms with Crippen molar-refractivity contribution in [3.05, 3.63) is 23.8 Å². The van der Waals surface area contributed by atoms with E-state index < -0.39 is 0 Å². The summed E-state index contributed by atoms with van der Waals surface area (Å²) in [6, 6.07) is 6.43. The molecule has 1 amide bonds. The number of fused-ring (bicyclic) bond motifs is 1. The highest BCUT2D eigenvalue weighted by atomic mass is 16.5. The predicted molar refractivity (Wildman–Crippen MR) is 92.3 cm³/mol. The first-order chi connectivity index (χ1) is 11.8. The van der Waals surface area contributed by atoms with Crippen molar-refractivity contribution in [3.63, 3.8) is 0 Å². The molecule has 4 rings (SSSR count). The van der Waals surface area contributed by atoms with Crippen molar-refractivity contribution in [3.8, 4) is 11.5 Å². The second kappa shape index (κ2) is 7.04. The number of rotatable bonds is 2. The molecule has 0 radical (unpaired) electrons. The molecule has 130 valence electrons. The molecule has 2 aliphatic heterocycles. The summed E-state index contributed by atoms with van der Waals surface area (Å²) in [6.07, 6.45) is 8.91. The van der Waals surface area contributed by atoms with Crippen LogP contribution in [0.25, 0.3) is 0 Å². The highest BCUT2D eigenvalue weighted by Crippen LogP contribution is 2.39. The van der Waals surface area contributed by atoms with Crippen molar-refractivity contribution in [2.24, 2.45) is 5.92 Å². The number of carbonyl (C=O) groups is 1. The standard InChI is InChI=1S/C20H27NO3/c22-20(15-6-2-1-3-7-15)21-11-4-8-17(21)16-9-10-18-19(14-16)24-13-5-12-23-18/h9-10,14-15,17H,1-8,11-13H2/t17-/m1/s1. The van der Waals surface area contributed by atoms with E-state index in [0.717, 1.165) is 50.1 Å². The Balaban J connectivity index is 1.54. The zero-order valence-electron chi connectivity index (χ0n) is 14.3. The summed E-state index contributed by atoms with van der Waals surface area (Å²) < 4.78 is 11.6. The molecular weight excluding hydrogens is 302 g/mol. The lowest BCUT2D eigenvalue weighted by atomic mass is 9.88. The van der Waals surface area contributed by atoms with Crippen LogP contribution in [0.3, 0.4) is 0 Å². The van der Waals surface area contributed by atoms with Gasteiger partial charge in [0, 0.05) is 18.9 Å². The minimum atomic E-state index is 0.205. The van der Waals surface area contributed by atoms with Crippen molar-refractivity contribution >= 4 is 5.91 Å². The largest absolute Gasteiger partial charge is 0.490 e. The fraction of sp³-hybridized carbons (Fsp3) is 0.650. The number of ether oxygens (including phenoxy) is 2. The van der Waals surface area contributed by atoms with Crippen molar-refractivity contribution < 1.29 is 14.3 Å². The molecule has 1 saturated carbocycles. The lowest BCUT2D eigenvalue weighted by Crippen LogP contribution is -2.36. The Bertz CT molecular complexity index is 595. The van der Waals surface area contributed by atoms with Crippen LogP contribution in [0.5, 0.6) is 11.5 Å². The van der Waals surface area contributed by atoms with E-state index in [9.17, 15) is 4.79 Å². The first-order valence-corrected chi connectivity index (χ1v) is 9.53. The van der Waals surface area contributed by atoms with Gasteiger partial charge in [-0.1, -0.05) is 25.3 Å². The van der Waals surface area contributed by atoms with E-state index in [0.29, 0.717) is 19.1 Å². The number of hydrogen-bond donors (Lipinski definition) is 0. The van der Waals surface area contributed by atoms with Gasteiger partial charge in [-0.15, -0.1) is 0 Å². The maximum atomic E-state index is 13.0. The number of benzene rings is 1. The fourth-order valence-electron chi connectivity index (χ4n) is 4.35. The molecule has 1 atom stereocenters. The third-order valence-corrected chi connectivity index (χ3v) is 5.65. The maximum absolute atomic E-state index is 13.0. The average Bonchev–Trinajstić information content (AvgIpc) is 3.00. The molecule has 4 nitrogen and oxygen atoms in total. The SMILES string of the molecule is O=C(C1CCCCC1)N1CCC[C@@H]1c1ccc2c(c1)OCCCO2. The van der Waals surface area contributed by atoms with Gasteiger partial charge in [0.25, 0.3) is 0 Å². The highest BCUT2D eigenvalue weighted by Gasteiger charge is 2.34. The number of nitrogens with zero attached hydrogens (tertiary/aromatic N) is 1. The van der Waals surface area contributed by atoms with Crippen molar-refractivity contribution in [2.75, 3.05) is 19.8 Å².